The molecule has 96 valence electrons. The minimum Gasteiger partial charge on any atom is -0.480 e. The molecule has 2 aliphatic rings. The first-order valence-electron chi connectivity index (χ1n) is 6.36. The molecule has 1 saturated carbocycles. The third-order valence-corrected chi connectivity index (χ3v) is 4.05. The van der Waals surface area contributed by atoms with Gasteiger partial charge in [0.1, 0.15) is 6.04 Å². The van der Waals surface area contributed by atoms with Gasteiger partial charge in [-0.05, 0) is 24.7 Å². The van der Waals surface area contributed by atoms with Crippen LogP contribution < -0.4 is 0 Å². The van der Waals surface area contributed by atoms with Gasteiger partial charge in [0.25, 0.3) is 0 Å². The minimum absolute atomic E-state index is 0.0284. The smallest absolute Gasteiger partial charge is 0.326 e. The lowest BCUT2D eigenvalue weighted by molar-refractivity contribution is -0.153. The molecule has 1 aliphatic carbocycles. The molecule has 0 aromatic heterocycles. The van der Waals surface area contributed by atoms with Crippen molar-refractivity contribution in [2.45, 2.75) is 46.1 Å². The van der Waals surface area contributed by atoms with E-state index in [2.05, 4.69) is 0 Å². The maximum atomic E-state index is 12.3. The Balaban J connectivity index is 2.23. The molecule has 4 heteroatoms. The largest absolute Gasteiger partial charge is 0.480 e. The summed E-state index contributed by atoms with van der Waals surface area (Å²) in [5.74, 6) is -0.280. The standard InChI is InChI=1S/C13H21NO3/c1-13(2,3)12(17)14-7-8-5-4-6-9(8)10(14)11(15)16/h8-10H,4-7H2,1-3H3,(H,15,16). The van der Waals surface area contributed by atoms with Crippen molar-refractivity contribution in [2.24, 2.45) is 17.3 Å². The topological polar surface area (TPSA) is 57.6 Å². The van der Waals surface area contributed by atoms with Crippen LogP contribution in [0.15, 0.2) is 0 Å². The summed E-state index contributed by atoms with van der Waals surface area (Å²) in [7, 11) is 0. The van der Waals surface area contributed by atoms with E-state index >= 15 is 0 Å². The van der Waals surface area contributed by atoms with E-state index in [1.807, 2.05) is 20.8 Å². The summed E-state index contributed by atoms with van der Waals surface area (Å²) in [5, 5.41) is 9.35. The molecule has 0 spiro atoms. The number of hydrogen-bond donors (Lipinski definition) is 1. The normalized spacial score (nSPS) is 32.6. The number of aliphatic carboxylic acids is 1. The maximum absolute atomic E-state index is 12.3. The van der Waals surface area contributed by atoms with E-state index in [0.717, 1.165) is 19.3 Å². The average Bonchev–Trinajstić information content (AvgIpc) is 2.71. The summed E-state index contributed by atoms with van der Waals surface area (Å²) < 4.78 is 0. The van der Waals surface area contributed by atoms with Gasteiger partial charge in [0.15, 0.2) is 0 Å². The highest BCUT2D eigenvalue weighted by Gasteiger charge is 2.50. The summed E-state index contributed by atoms with van der Waals surface area (Å²) in [5.41, 5.74) is -0.494. The Morgan fingerprint density at radius 1 is 1.24 bits per heavy atom. The lowest BCUT2D eigenvalue weighted by atomic mass is 9.92. The monoisotopic (exact) mass is 239 g/mol. The fourth-order valence-corrected chi connectivity index (χ4v) is 3.26. The second-order valence-corrected chi connectivity index (χ2v) is 6.35. The molecule has 1 heterocycles. The molecule has 0 aromatic rings. The number of carbonyl (C=O) groups excluding carboxylic acids is 1. The maximum Gasteiger partial charge on any atom is 0.326 e. The molecule has 0 aromatic carbocycles. The van der Waals surface area contributed by atoms with Crippen LogP contribution in [0.25, 0.3) is 0 Å². The first-order chi connectivity index (χ1) is 7.82. The third kappa shape index (κ3) is 2.05. The first kappa shape index (κ1) is 12.4. The number of fused-ring (bicyclic) bond motifs is 1. The zero-order chi connectivity index (χ0) is 12.8. The lowest BCUT2D eigenvalue weighted by Gasteiger charge is -2.30. The second-order valence-electron chi connectivity index (χ2n) is 6.35. The molecular weight excluding hydrogens is 218 g/mol. The Kier molecular flexibility index (Phi) is 2.92. The molecule has 4 nitrogen and oxygen atoms in total. The number of carbonyl (C=O) groups is 2. The predicted octanol–water partition coefficient (Wildman–Crippen LogP) is 1.74. The van der Waals surface area contributed by atoms with Crippen molar-refractivity contribution in [1.82, 2.24) is 4.90 Å². The van der Waals surface area contributed by atoms with Crippen LogP contribution in [0.2, 0.25) is 0 Å². The quantitative estimate of drug-likeness (QED) is 0.758. The number of likely N-dealkylation sites (tertiary alicyclic amines) is 1. The SMILES string of the molecule is CC(C)(C)C(=O)N1CC2CCCC2C1C(=O)O. The molecule has 3 unspecified atom stereocenters. The Morgan fingerprint density at radius 2 is 1.88 bits per heavy atom. The van der Waals surface area contributed by atoms with Crippen molar-refractivity contribution in [2.75, 3.05) is 6.54 Å². The first-order valence-corrected chi connectivity index (χ1v) is 6.36. The zero-order valence-corrected chi connectivity index (χ0v) is 10.8. The predicted molar refractivity (Wildman–Crippen MR) is 63.4 cm³/mol. The van der Waals surface area contributed by atoms with Gasteiger partial charge in [0, 0.05) is 12.0 Å². The lowest BCUT2D eigenvalue weighted by Crippen LogP contribution is -2.47. The van der Waals surface area contributed by atoms with Gasteiger partial charge < -0.3 is 10.0 Å². The van der Waals surface area contributed by atoms with E-state index in [-0.39, 0.29) is 11.8 Å². The molecule has 2 fully saturated rings. The minimum atomic E-state index is -0.836. The van der Waals surface area contributed by atoms with Crippen LogP contribution in [-0.2, 0) is 9.59 Å². The van der Waals surface area contributed by atoms with Crippen molar-refractivity contribution in [3.63, 3.8) is 0 Å². The molecule has 17 heavy (non-hydrogen) atoms. The number of rotatable bonds is 1. The molecule has 3 atom stereocenters. The van der Waals surface area contributed by atoms with Gasteiger partial charge in [-0.1, -0.05) is 27.2 Å². The van der Waals surface area contributed by atoms with Crippen LogP contribution >= 0.6 is 0 Å². The molecule has 1 saturated heterocycles. The van der Waals surface area contributed by atoms with Crippen molar-refractivity contribution in [1.29, 1.82) is 0 Å². The van der Waals surface area contributed by atoms with E-state index in [9.17, 15) is 14.7 Å². The zero-order valence-electron chi connectivity index (χ0n) is 10.8. The Bertz CT molecular complexity index is 345. The molecular formula is C13H21NO3. The number of carboxylic acids is 1. The number of amides is 1. The van der Waals surface area contributed by atoms with Crippen LogP contribution in [0.3, 0.4) is 0 Å². The molecule has 1 amide bonds. The fourth-order valence-electron chi connectivity index (χ4n) is 3.26. The van der Waals surface area contributed by atoms with Gasteiger partial charge in [-0.25, -0.2) is 4.79 Å². The van der Waals surface area contributed by atoms with Crippen molar-refractivity contribution in [3.05, 3.63) is 0 Å². The number of carboxylic acid groups (broad SMARTS) is 1. The van der Waals surface area contributed by atoms with E-state index in [0.29, 0.717) is 12.5 Å². The van der Waals surface area contributed by atoms with Gasteiger partial charge in [0.2, 0.25) is 5.91 Å². The van der Waals surface area contributed by atoms with Gasteiger partial charge in [-0.15, -0.1) is 0 Å². The third-order valence-electron chi connectivity index (χ3n) is 4.05. The van der Waals surface area contributed by atoms with E-state index in [1.54, 1.807) is 4.90 Å². The van der Waals surface area contributed by atoms with Crippen molar-refractivity contribution >= 4 is 11.9 Å². The number of hydrogen-bond acceptors (Lipinski definition) is 2. The Hall–Kier alpha value is -1.06. The highest BCUT2D eigenvalue weighted by atomic mass is 16.4. The van der Waals surface area contributed by atoms with Crippen molar-refractivity contribution < 1.29 is 14.7 Å². The van der Waals surface area contributed by atoms with Gasteiger partial charge in [0.05, 0.1) is 0 Å². The van der Waals surface area contributed by atoms with Crippen LogP contribution in [0, 0.1) is 17.3 Å². The van der Waals surface area contributed by atoms with Gasteiger partial charge in [-0.2, -0.15) is 0 Å². The fraction of sp³-hybridized carbons (Fsp3) is 0.846. The Labute approximate surface area is 102 Å². The van der Waals surface area contributed by atoms with E-state index in [1.165, 1.54) is 0 Å². The molecule has 1 aliphatic heterocycles. The molecule has 0 bridgehead atoms. The van der Waals surface area contributed by atoms with Crippen molar-refractivity contribution in [3.8, 4) is 0 Å². The Morgan fingerprint density at radius 3 is 2.41 bits per heavy atom. The number of nitrogens with zero attached hydrogens (tertiary/aromatic N) is 1. The van der Waals surface area contributed by atoms with Crippen LogP contribution in [0.4, 0.5) is 0 Å². The molecule has 1 N–H and O–H groups in total. The summed E-state index contributed by atoms with van der Waals surface area (Å²) >= 11 is 0. The summed E-state index contributed by atoms with van der Waals surface area (Å²) in [6.07, 6.45) is 3.13. The summed E-state index contributed by atoms with van der Waals surface area (Å²) in [6.45, 7) is 6.19. The van der Waals surface area contributed by atoms with Crippen LogP contribution in [0.5, 0.6) is 0 Å². The van der Waals surface area contributed by atoms with Gasteiger partial charge >= 0.3 is 5.97 Å². The molecule has 0 radical (unpaired) electrons. The van der Waals surface area contributed by atoms with Crippen LogP contribution in [0.1, 0.15) is 40.0 Å². The van der Waals surface area contributed by atoms with E-state index < -0.39 is 17.4 Å². The summed E-state index contributed by atoms with van der Waals surface area (Å²) in [6, 6.07) is -0.589. The highest BCUT2D eigenvalue weighted by molar-refractivity contribution is 5.87. The average molecular weight is 239 g/mol. The second kappa shape index (κ2) is 4.00. The van der Waals surface area contributed by atoms with Gasteiger partial charge in [-0.3, -0.25) is 4.79 Å². The highest BCUT2D eigenvalue weighted by Crippen LogP contribution is 2.43. The summed E-state index contributed by atoms with van der Waals surface area (Å²) in [4.78, 5) is 25.3. The van der Waals surface area contributed by atoms with Crippen LogP contribution in [-0.4, -0.2) is 34.5 Å². The molecule has 2 rings (SSSR count). The van der Waals surface area contributed by atoms with E-state index in [4.69, 9.17) is 0 Å².